The second-order valence-corrected chi connectivity index (χ2v) is 7.22. The largest absolute Gasteiger partial charge is 0.493 e. The highest BCUT2D eigenvalue weighted by Crippen LogP contribution is 2.35. The number of benzene rings is 1. The van der Waals surface area contributed by atoms with E-state index in [1.807, 2.05) is 47.8 Å². The molecule has 0 saturated carbocycles. The maximum absolute atomic E-state index is 11.3. The van der Waals surface area contributed by atoms with Gasteiger partial charge in [-0.2, -0.15) is 5.26 Å². The Morgan fingerprint density at radius 1 is 1.55 bits per heavy atom. The SMILES string of the molecule is CC1C=S(C(=O)O)N(c2ccc(OCC(C)CC#N)cc2)C1. The van der Waals surface area contributed by atoms with Crippen LogP contribution in [0.2, 0.25) is 0 Å². The fourth-order valence-corrected chi connectivity index (χ4v) is 3.93. The summed E-state index contributed by atoms with van der Waals surface area (Å²) in [6.07, 6.45) is 0.473. The lowest BCUT2D eigenvalue weighted by Crippen LogP contribution is -2.18. The van der Waals surface area contributed by atoms with Gasteiger partial charge in [0, 0.05) is 41.2 Å². The number of ether oxygens (including phenoxy) is 1. The number of nitriles is 1. The summed E-state index contributed by atoms with van der Waals surface area (Å²) < 4.78 is 7.55. The average Bonchev–Trinajstić information content (AvgIpc) is 2.88. The van der Waals surface area contributed by atoms with Crippen LogP contribution in [0.3, 0.4) is 0 Å². The number of carboxylic acid groups (broad SMARTS) is 1. The van der Waals surface area contributed by atoms with Crippen molar-refractivity contribution in [2.24, 2.45) is 11.8 Å². The summed E-state index contributed by atoms with van der Waals surface area (Å²) in [6, 6.07) is 9.60. The van der Waals surface area contributed by atoms with E-state index in [2.05, 4.69) is 6.07 Å². The molecular weight excluding hydrogens is 300 g/mol. The van der Waals surface area contributed by atoms with Gasteiger partial charge >= 0.3 is 5.30 Å². The molecule has 0 fully saturated rings. The highest BCUT2D eigenvalue weighted by Gasteiger charge is 2.25. The van der Waals surface area contributed by atoms with E-state index in [4.69, 9.17) is 10.00 Å². The predicted molar refractivity (Wildman–Crippen MR) is 89.5 cm³/mol. The van der Waals surface area contributed by atoms with E-state index in [-0.39, 0.29) is 11.8 Å². The molecule has 0 spiro atoms. The minimum Gasteiger partial charge on any atom is -0.493 e. The van der Waals surface area contributed by atoms with Crippen LogP contribution in [-0.4, -0.2) is 28.9 Å². The van der Waals surface area contributed by atoms with Crippen molar-refractivity contribution in [3.8, 4) is 11.8 Å². The number of rotatable bonds is 5. The van der Waals surface area contributed by atoms with Crippen molar-refractivity contribution < 1.29 is 14.6 Å². The number of anilines is 1. The molecule has 1 heterocycles. The van der Waals surface area contributed by atoms with Gasteiger partial charge in [0.25, 0.3) is 0 Å². The van der Waals surface area contributed by atoms with Gasteiger partial charge in [0.05, 0.1) is 12.7 Å². The van der Waals surface area contributed by atoms with Gasteiger partial charge in [0.1, 0.15) is 5.75 Å². The molecule has 1 aromatic rings. The highest BCUT2D eigenvalue weighted by molar-refractivity contribution is 8.28. The first-order chi connectivity index (χ1) is 10.5. The summed E-state index contributed by atoms with van der Waals surface area (Å²) in [5.41, 5.74) is 0.892. The van der Waals surface area contributed by atoms with E-state index in [0.717, 1.165) is 18.0 Å². The van der Waals surface area contributed by atoms with Crippen LogP contribution in [0.1, 0.15) is 20.3 Å². The van der Waals surface area contributed by atoms with Crippen LogP contribution in [0.5, 0.6) is 5.75 Å². The molecule has 1 aliphatic rings. The monoisotopic (exact) mass is 320 g/mol. The van der Waals surface area contributed by atoms with Crippen molar-refractivity contribution in [2.45, 2.75) is 20.3 Å². The lowest BCUT2D eigenvalue weighted by Gasteiger charge is -2.21. The first-order valence-corrected chi connectivity index (χ1v) is 8.44. The maximum Gasteiger partial charge on any atom is 0.377 e. The van der Waals surface area contributed by atoms with E-state index in [9.17, 15) is 9.90 Å². The molecule has 0 aromatic heterocycles. The van der Waals surface area contributed by atoms with Gasteiger partial charge in [-0.1, -0.05) is 13.8 Å². The van der Waals surface area contributed by atoms with Gasteiger partial charge in [0.15, 0.2) is 0 Å². The maximum atomic E-state index is 11.3. The molecule has 6 heteroatoms. The zero-order valence-corrected chi connectivity index (χ0v) is 13.5. The second-order valence-electron chi connectivity index (χ2n) is 5.53. The standard InChI is InChI=1S/C16H20N2O3S/c1-12(7-8-17)10-21-15-5-3-14(4-6-15)18-9-13(2)11-22(18)16(19)20/h3-6,11-13H,7,9-10H2,1-2H3,(H,19,20). The molecule has 5 nitrogen and oxygen atoms in total. The van der Waals surface area contributed by atoms with Crippen LogP contribution in [0.15, 0.2) is 24.3 Å². The Morgan fingerprint density at radius 2 is 2.23 bits per heavy atom. The normalized spacial score (nSPS) is 21.8. The molecule has 1 aromatic carbocycles. The summed E-state index contributed by atoms with van der Waals surface area (Å²) in [7, 11) is -0.870. The predicted octanol–water partition coefficient (Wildman–Crippen LogP) is 3.74. The summed E-state index contributed by atoms with van der Waals surface area (Å²) >= 11 is 0. The van der Waals surface area contributed by atoms with Crippen LogP contribution >= 0.6 is 10.7 Å². The Labute approximate surface area is 133 Å². The van der Waals surface area contributed by atoms with Crippen molar-refractivity contribution in [1.29, 1.82) is 5.26 Å². The fourth-order valence-electron chi connectivity index (χ4n) is 2.21. The average molecular weight is 320 g/mol. The molecule has 0 radical (unpaired) electrons. The van der Waals surface area contributed by atoms with Crippen LogP contribution in [-0.2, 0) is 0 Å². The minimum atomic E-state index is -0.870. The van der Waals surface area contributed by atoms with Crippen LogP contribution < -0.4 is 9.04 Å². The van der Waals surface area contributed by atoms with Crippen molar-refractivity contribution in [3.63, 3.8) is 0 Å². The van der Waals surface area contributed by atoms with Crippen molar-refractivity contribution >= 4 is 27.0 Å². The molecule has 0 amide bonds. The van der Waals surface area contributed by atoms with E-state index in [1.54, 1.807) is 0 Å². The molecular formula is C16H20N2O3S. The Balaban J connectivity index is 2.02. The minimum absolute atomic E-state index is 0.191. The number of carbonyl (C=O) groups is 1. The third kappa shape index (κ3) is 4.01. The van der Waals surface area contributed by atoms with Crippen molar-refractivity contribution in [2.75, 3.05) is 17.5 Å². The molecule has 118 valence electrons. The molecule has 1 N–H and O–H groups in total. The molecule has 1 aliphatic heterocycles. The zero-order valence-electron chi connectivity index (χ0n) is 12.7. The summed E-state index contributed by atoms with van der Waals surface area (Å²) in [5.74, 6) is 1.19. The lowest BCUT2D eigenvalue weighted by atomic mass is 10.1. The topological polar surface area (TPSA) is 73.6 Å². The zero-order chi connectivity index (χ0) is 16.1. The molecule has 0 aliphatic carbocycles. The Kier molecular flexibility index (Phi) is 5.45. The summed E-state index contributed by atoms with van der Waals surface area (Å²) in [4.78, 5) is 11.3. The quantitative estimate of drug-likeness (QED) is 0.837. The van der Waals surface area contributed by atoms with E-state index in [0.29, 0.717) is 13.0 Å². The van der Waals surface area contributed by atoms with E-state index in [1.165, 1.54) is 0 Å². The molecule has 0 bridgehead atoms. The number of hydrogen-bond donors (Lipinski definition) is 1. The second kappa shape index (κ2) is 7.32. The molecule has 3 unspecified atom stereocenters. The van der Waals surface area contributed by atoms with Gasteiger partial charge in [-0.3, -0.25) is 0 Å². The van der Waals surface area contributed by atoms with Crippen molar-refractivity contribution in [1.82, 2.24) is 0 Å². The van der Waals surface area contributed by atoms with E-state index >= 15 is 0 Å². The van der Waals surface area contributed by atoms with Crippen LogP contribution in [0.4, 0.5) is 10.5 Å². The van der Waals surface area contributed by atoms with Gasteiger partial charge < -0.3 is 14.1 Å². The summed E-state index contributed by atoms with van der Waals surface area (Å²) in [5, 5.41) is 19.0. The summed E-state index contributed by atoms with van der Waals surface area (Å²) in [6.45, 7) is 5.21. The molecule has 3 atom stereocenters. The van der Waals surface area contributed by atoms with Crippen LogP contribution in [0.25, 0.3) is 0 Å². The fraction of sp³-hybridized carbons (Fsp3) is 0.438. The first-order valence-electron chi connectivity index (χ1n) is 7.19. The first kappa shape index (κ1) is 16.4. The Hall–Kier alpha value is -2.00. The molecule has 22 heavy (non-hydrogen) atoms. The van der Waals surface area contributed by atoms with Gasteiger partial charge in [-0.25, -0.2) is 4.79 Å². The lowest BCUT2D eigenvalue weighted by molar-refractivity contribution is 0.222. The smallest absolute Gasteiger partial charge is 0.377 e. The van der Waals surface area contributed by atoms with Gasteiger partial charge in [-0.15, -0.1) is 0 Å². The third-order valence-electron chi connectivity index (χ3n) is 3.33. The molecule has 2 rings (SSSR count). The number of hydrogen-bond acceptors (Lipinski definition) is 4. The van der Waals surface area contributed by atoms with Gasteiger partial charge in [0.2, 0.25) is 0 Å². The molecule has 0 saturated heterocycles. The van der Waals surface area contributed by atoms with Crippen molar-refractivity contribution in [3.05, 3.63) is 24.3 Å². The number of nitrogens with zero attached hydrogens (tertiary/aromatic N) is 2. The third-order valence-corrected chi connectivity index (χ3v) is 5.25. The highest BCUT2D eigenvalue weighted by atomic mass is 32.2. The van der Waals surface area contributed by atoms with Crippen LogP contribution in [0, 0.1) is 23.2 Å². The van der Waals surface area contributed by atoms with E-state index < -0.39 is 16.0 Å². The Bertz CT molecular complexity index is 607. The van der Waals surface area contributed by atoms with Gasteiger partial charge in [-0.05, 0) is 29.6 Å². The Morgan fingerprint density at radius 3 is 2.82 bits per heavy atom.